The fraction of sp³-hybridized carbons (Fsp3) is 0.417. The van der Waals surface area contributed by atoms with Crippen molar-refractivity contribution in [3.8, 4) is 0 Å². The van der Waals surface area contributed by atoms with E-state index >= 15 is 0 Å². The summed E-state index contributed by atoms with van der Waals surface area (Å²) in [5, 5.41) is 0. The zero-order valence-electron chi connectivity index (χ0n) is 10.2. The molecule has 0 aliphatic heterocycles. The van der Waals surface area contributed by atoms with Crippen LogP contribution in [0.2, 0.25) is 0 Å². The number of carbonyl (C=O) groups is 1. The molecule has 1 amide bonds. The van der Waals surface area contributed by atoms with Crippen LogP contribution in [0.15, 0.2) is 24.3 Å². The van der Waals surface area contributed by atoms with Crippen LogP contribution in [0.4, 0.5) is 5.69 Å². The third kappa shape index (κ3) is 2.17. The van der Waals surface area contributed by atoms with Gasteiger partial charge < -0.3 is 15.4 Å². The second-order valence-corrected chi connectivity index (χ2v) is 4.04. The highest BCUT2D eigenvalue weighted by Crippen LogP contribution is 2.25. The van der Waals surface area contributed by atoms with E-state index in [2.05, 4.69) is 0 Å². The minimum absolute atomic E-state index is 0.493. The maximum absolute atomic E-state index is 11.4. The van der Waals surface area contributed by atoms with Gasteiger partial charge in [0, 0.05) is 26.9 Å². The van der Waals surface area contributed by atoms with Crippen LogP contribution in [0, 0.1) is 0 Å². The highest BCUT2D eigenvalue weighted by molar-refractivity contribution is 5.84. The van der Waals surface area contributed by atoms with E-state index in [0.29, 0.717) is 0 Å². The molecule has 0 fully saturated rings. The molecule has 0 aliphatic carbocycles. The smallest absolute Gasteiger partial charge is 0.254 e. The molecule has 4 nitrogen and oxygen atoms in total. The molecular weight excluding hydrogens is 204 g/mol. The second-order valence-electron chi connectivity index (χ2n) is 4.04. The molecule has 0 saturated carbocycles. The number of methoxy groups -OCH3 is 1. The number of amides is 1. The van der Waals surface area contributed by atoms with Gasteiger partial charge in [-0.05, 0) is 24.6 Å². The van der Waals surface area contributed by atoms with Gasteiger partial charge in [0.1, 0.15) is 0 Å². The van der Waals surface area contributed by atoms with E-state index < -0.39 is 11.5 Å². The van der Waals surface area contributed by atoms with Crippen molar-refractivity contribution >= 4 is 11.6 Å². The number of carbonyl (C=O) groups excluding carboxylic acids is 1. The lowest BCUT2D eigenvalue weighted by Gasteiger charge is -2.25. The lowest BCUT2D eigenvalue weighted by molar-refractivity contribution is -0.139. The minimum Gasteiger partial charge on any atom is -0.378 e. The van der Waals surface area contributed by atoms with Gasteiger partial charge in [-0.1, -0.05) is 12.1 Å². The lowest BCUT2D eigenvalue weighted by Crippen LogP contribution is -2.40. The van der Waals surface area contributed by atoms with E-state index in [9.17, 15) is 4.79 Å². The number of primary amides is 1. The van der Waals surface area contributed by atoms with Crippen molar-refractivity contribution in [2.24, 2.45) is 5.73 Å². The first kappa shape index (κ1) is 12.5. The summed E-state index contributed by atoms with van der Waals surface area (Å²) in [4.78, 5) is 13.3. The molecule has 0 spiro atoms. The molecule has 0 heterocycles. The van der Waals surface area contributed by atoms with Crippen LogP contribution in [-0.4, -0.2) is 27.1 Å². The summed E-state index contributed by atoms with van der Waals surface area (Å²) in [6.07, 6.45) is 0. The molecular formula is C12H18N2O2. The van der Waals surface area contributed by atoms with Crippen molar-refractivity contribution in [1.82, 2.24) is 0 Å². The second kappa shape index (κ2) is 4.53. The van der Waals surface area contributed by atoms with E-state index in [1.807, 2.05) is 43.3 Å². The average molecular weight is 222 g/mol. The number of nitrogens with two attached hydrogens (primary N) is 1. The fourth-order valence-electron chi connectivity index (χ4n) is 1.44. The summed E-state index contributed by atoms with van der Waals surface area (Å²) in [5.41, 5.74) is 6.09. The van der Waals surface area contributed by atoms with Gasteiger partial charge in [0.2, 0.25) is 0 Å². The molecule has 0 saturated heterocycles. The van der Waals surface area contributed by atoms with Gasteiger partial charge in [0.25, 0.3) is 5.91 Å². The van der Waals surface area contributed by atoms with E-state index in [0.717, 1.165) is 11.3 Å². The van der Waals surface area contributed by atoms with Crippen LogP contribution in [0.3, 0.4) is 0 Å². The quantitative estimate of drug-likeness (QED) is 0.830. The van der Waals surface area contributed by atoms with Crippen LogP contribution in [-0.2, 0) is 15.1 Å². The first-order valence-corrected chi connectivity index (χ1v) is 5.04. The highest BCUT2D eigenvalue weighted by Gasteiger charge is 2.32. The normalized spacial score (nSPS) is 14.2. The van der Waals surface area contributed by atoms with Crippen molar-refractivity contribution in [3.63, 3.8) is 0 Å². The van der Waals surface area contributed by atoms with Crippen molar-refractivity contribution < 1.29 is 9.53 Å². The van der Waals surface area contributed by atoms with Crippen molar-refractivity contribution in [3.05, 3.63) is 29.8 Å². The molecule has 0 aromatic heterocycles. The molecule has 1 aromatic rings. The first-order valence-electron chi connectivity index (χ1n) is 5.04. The maximum atomic E-state index is 11.4. The molecule has 88 valence electrons. The SMILES string of the molecule is COC(C)(C(N)=O)c1ccc(N(C)C)cc1. The highest BCUT2D eigenvalue weighted by atomic mass is 16.5. The molecule has 1 rings (SSSR count). The van der Waals surface area contributed by atoms with Gasteiger partial charge in [-0.3, -0.25) is 4.79 Å². The maximum Gasteiger partial charge on any atom is 0.254 e. The first-order chi connectivity index (χ1) is 7.41. The predicted molar refractivity (Wildman–Crippen MR) is 64.3 cm³/mol. The summed E-state index contributed by atoms with van der Waals surface area (Å²) in [5.74, 6) is -0.493. The molecule has 1 aromatic carbocycles. The summed E-state index contributed by atoms with van der Waals surface area (Å²) >= 11 is 0. The number of hydrogen-bond donors (Lipinski definition) is 1. The summed E-state index contributed by atoms with van der Waals surface area (Å²) in [7, 11) is 5.39. The Morgan fingerprint density at radius 1 is 1.31 bits per heavy atom. The topological polar surface area (TPSA) is 55.6 Å². The van der Waals surface area contributed by atoms with Crippen molar-refractivity contribution in [1.29, 1.82) is 0 Å². The Bertz CT molecular complexity index is 373. The molecule has 1 atom stereocenters. The molecule has 16 heavy (non-hydrogen) atoms. The molecule has 2 N–H and O–H groups in total. The van der Waals surface area contributed by atoms with Gasteiger partial charge in [0.15, 0.2) is 5.60 Å². The average Bonchev–Trinajstić information content (AvgIpc) is 2.27. The third-order valence-electron chi connectivity index (χ3n) is 2.81. The Balaban J connectivity index is 3.09. The van der Waals surface area contributed by atoms with Crippen LogP contribution in [0.25, 0.3) is 0 Å². The van der Waals surface area contributed by atoms with Gasteiger partial charge in [-0.2, -0.15) is 0 Å². The number of anilines is 1. The lowest BCUT2D eigenvalue weighted by atomic mass is 9.95. The van der Waals surface area contributed by atoms with E-state index in [4.69, 9.17) is 10.5 Å². The number of nitrogens with zero attached hydrogens (tertiary/aromatic N) is 1. The van der Waals surface area contributed by atoms with Crippen molar-refractivity contribution in [2.75, 3.05) is 26.1 Å². The number of hydrogen-bond acceptors (Lipinski definition) is 3. The summed E-state index contributed by atoms with van der Waals surface area (Å²) < 4.78 is 5.20. The Morgan fingerprint density at radius 3 is 2.12 bits per heavy atom. The van der Waals surface area contributed by atoms with Crippen LogP contribution in [0.5, 0.6) is 0 Å². The van der Waals surface area contributed by atoms with E-state index in [-0.39, 0.29) is 0 Å². The third-order valence-corrected chi connectivity index (χ3v) is 2.81. The van der Waals surface area contributed by atoms with Gasteiger partial charge in [0.05, 0.1) is 0 Å². The monoisotopic (exact) mass is 222 g/mol. The van der Waals surface area contributed by atoms with Crippen molar-refractivity contribution in [2.45, 2.75) is 12.5 Å². The standard InChI is InChI=1S/C12H18N2O2/c1-12(16-4,11(13)15)9-5-7-10(8-6-9)14(2)3/h5-8H,1-4H3,(H2,13,15). The fourth-order valence-corrected chi connectivity index (χ4v) is 1.44. The van der Waals surface area contributed by atoms with Gasteiger partial charge in [-0.25, -0.2) is 0 Å². The van der Waals surface area contributed by atoms with Crippen LogP contribution >= 0.6 is 0 Å². The molecule has 0 bridgehead atoms. The number of rotatable bonds is 4. The molecule has 0 aliphatic rings. The van der Waals surface area contributed by atoms with Gasteiger partial charge >= 0.3 is 0 Å². The summed E-state index contributed by atoms with van der Waals surface area (Å²) in [6.45, 7) is 1.67. The number of benzene rings is 1. The largest absolute Gasteiger partial charge is 0.378 e. The predicted octanol–water partition coefficient (Wildman–Crippen LogP) is 1.10. The Labute approximate surface area is 96.0 Å². The number of ether oxygens (including phenoxy) is 1. The van der Waals surface area contributed by atoms with E-state index in [1.165, 1.54) is 7.11 Å². The van der Waals surface area contributed by atoms with E-state index in [1.54, 1.807) is 6.92 Å². The van der Waals surface area contributed by atoms with Crippen LogP contribution in [0.1, 0.15) is 12.5 Å². The summed E-state index contributed by atoms with van der Waals surface area (Å²) in [6, 6.07) is 7.55. The zero-order valence-corrected chi connectivity index (χ0v) is 10.2. The molecule has 1 unspecified atom stereocenters. The molecule has 4 heteroatoms. The van der Waals surface area contributed by atoms with Gasteiger partial charge in [-0.15, -0.1) is 0 Å². The Morgan fingerprint density at radius 2 is 1.81 bits per heavy atom. The Kier molecular flexibility index (Phi) is 3.55. The minimum atomic E-state index is -1.06. The zero-order chi connectivity index (χ0) is 12.3. The molecule has 0 radical (unpaired) electrons. The van der Waals surface area contributed by atoms with Crippen LogP contribution < -0.4 is 10.6 Å². The Hall–Kier alpha value is -1.55.